The summed E-state index contributed by atoms with van der Waals surface area (Å²) in [5.41, 5.74) is 3.22. The summed E-state index contributed by atoms with van der Waals surface area (Å²) in [7, 11) is 0. The van der Waals surface area contributed by atoms with Gasteiger partial charge in [-0.2, -0.15) is 0 Å². The lowest BCUT2D eigenvalue weighted by Gasteiger charge is -2.09. The van der Waals surface area contributed by atoms with E-state index in [9.17, 15) is 9.59 Å². The number of halogens is 1. The van der Waals surface area contributed by atoms with Crippen molar-refractivity contribution in [2.24, 2.45) is 0 Å². The Labute approximate surface area is 175 Å². The Kier molecular flexibility index (Phi) is 6.89. The Balaban J connectivity index is 1.44. The molecule has 0 bridgehead atoms. The Hall–Kier alpha value is -2.58. The predicted molar refractivity (Wildman–Crippen MR) is 114 cm³/mol. The maximum Gasteiger partial charge on any atom is 0.226 e. The largest absolute Gasteiger partial charge is 0.355 e. The van der Waals surface area contributed by atoms with Gasteiger partial charge in [0.2, 0.25) is 11.8 Å². The van der Waals surface area contributed by atoms with Crippen molar-refractivity contribution in [3.8, 4) is 10.7 Å². The monoisotopic (exact) mass is 458 g/mol. The summed E-state index contributed by atoms with van der Waals surface area (Å²) in [6.07, 6.45) is 2.09. The zero-order chi connectivity index (χ0) is 19.9. The zero-order valence-corrected chi connectivity index (χ0v) is 17.6. The molecule has 0 unspecified atom stereocenters. The van der Waals surface area contributed by atoms with E-state index in [-0.39, 0.29) is 31.2 Å². The van der Waals surface area contributed by atoms with Crippen LogP contribution in [0, 0.1) is 6.92 Å². The minimum atomic E-state index is -0.163. The Morgan fingerprint density at radius 1 is 1.18 bits per heavy atom. The van der Waals surface area contributed by atoms with Crippen LogP contribution in [0.15, 0.2) is 52.4 Å². The van der Waals surface area contributed by atoms with E-state index < -0.39 is 0 Å². The van der Waals surface area contributed by atoms with Crippen molar-refractivity contribution >= 4 is 44.8 Å². The number of carbonyl (C=O) groups is 2. The van der Waals surface area contributed by atoms with Gasteiger partial charge in [-0.25, -0.2) is 4.98 Å². The number of amides is 2. The van der Waals surface area contributed by atoms with Gasteiger partial charge >= 0.3 is 0 Å². The van der Waals surface area contributed by atoms with Crippen molar-refractivity contribution in [1.82, 2.24) is 15.3 Å². The van der Waals surface area contributed by atoms with E-state index in [1.807, 2.05) is 48.7 Å². The third kappa shape index (κ3) is 5.71. The van der Waals surface area contributed by atoms with Gasteiger partial charge in [0.25, 0.3) is 0 Å². The number of benzene rings is 1. The number of hydrogen-bond acceptors (Lipinski definition) is 5. The number of aryl methyl sites for hydroxylation is 1. The molecule has 28 heavy (non-hydrogen) atoms. The molecule has 0 saturated carbocycles. The van der Waals surface area contributed by atoms with Crippen LogP contribution in [0.5, 0.6) is 0 Å². The molecule has 2 amide bonds. The number of nitrogens with zero attached hydrogens (tertiary/aromatic N) is 2. The maximum absolute atomic E-state index is 12.1. The standard InChI is InChI=1S/C20H19BrN4O2S/c1-13-5-6-14(21)10-17(13)25-18(26)7-9-23-19(27)11-15-12-28-20(24-15)16-4-2-3-8-22-16/h2-6,8,10,12H,7,9,11H2,1H3,(H,23,27)(H,25,26). The van der Waals surface area contributed by atoms with Gasteiger partial charge in [0.15, 0.2) is 0 Å². The highest BCUT2D eigenvalue weighted by Gasteiger charge is 2.11. The van der Waals surface area contributed by atoms with Crippen LogP contribution in [0.25, 0.3) is 10.7 Å². The molecule has 3 rings (SSSR count). The van der Waals surface area contributed by atoms with E-state index in [2.05, 4.69) is 36.5 Å². The highest BCUT2D eigenvalue weighted by atomic mass is 79.9. The molecular formula is C20H19BrN4O2S. The first kappa shape index (κ1) is 20.2. The molecule has 0 spiro atoms. The van der Waals surface area contributed by atoms with E-state index in [0.29, 0.717) is 5.69 Å². The summed E-state index contributed by atoms with van der Waals surface area (Å²) in [4.78, 5) is 32.9. The van der Waals surface area contributed by atoms with Crippen LogP contribution in [0.2, 0.25) is 0 Å². The molecule has 0 radical (unpaired) electrons. The second-order valence-electron chi connectivity index (χ2n) is 6.14. The van der Waals surface area contributed by atoms with Crippen LogP contribution in [0.4, 0.5) is 5.69 Å². The molecule has 0 saturated heterocycles. The average Bonchev–Trinajstić information content (AvgIpc) is 3.14. The van der Waals surface area contributed by atoms with Gasteiger partial charge in [0.1, 0.15) is 5.01 Å². The zero-order valence-electron chi connectivity index (χ0n) is 15.2. The maximum atomic E-state index is 12.1. The molecule has 3 aromatic rings. The van der Waals surface area contributed by atoms with Crippen molar-refractivity contribution in [3.63, 3.8) is 0 Å². The summed E-state index contributed by atoms with van der Waals surface area (Å²) in [6, 6.07) is 11.3. The van der Waals surface area contributed by atoms with Crippen LogP contribution >= 0.6 is 27.3 Å². The summed E-state index contributed by atoms with van der Waals surface area (Å²) >= 11 is 4.84. The van der Waals surface area contributed by atoms with E-state index in [1.165, 1.54) is 11.3 Å². The predicted octanol–water partition coefficient (Wildman–Crippen LogP) is 3.96. The molecule has 1 aromatic carbocycles. The molecule has 2 heterocycles. The molecule has 144 valence electrons. The number of hydrogen-bond donors (Lipinski definition) is 2. The Bertz CT molecular complexity index is 975. The molecule has 0 atom stereocenters. The first-order chi connectivity index (χ1) is 13.5. The van der Waals surface area contributed by atoms with Gasteiger partial charge in [-0.1, -0.05) is 28.1 Å². The average molecular weight is 459 g/mol. The Morgan fingerprint density at radius 3 is 2.82 bits per heavy atom. The van der Waals surface area contributed by atoms with Gasteiger partial charge in [0, 0.05) is 34.7 Å². The minimum Gasteiger partial charge on any atom is -0.355 e. The molecule has 0 aliphatic heterocycles. The smallest absolute Gasteiger partial charge is 0.226 e. The second-order valence-corrected chi connectivity index (χ2v) is 7.92. The van der Waals surface area contributed by atoms with Crippen molar-refractivity contribution in [2.45, 2.75) is 19.8 Å². The van der Waals surface area contributed by atoms with Gasteiger partial charge in [-0.3, -0.25) is 14.6 Å². The van der Waals surface area contributed by atoms with Crippen molar-refractivity contribution < 1.29 is 9.59 Å². The van der Waals surface area contributed by atoms with Gasteiger partial charge in [0.05, 0.1) is 17.8 Å². The van der Waals surface area contributed by atoms with Crippen molar-refractivity contribution in [1.29, 1.82) is 0 Å². The number of aromatic nitrogens is 2. The lowest BCUT2D eigenvalue weighted by atomic mass is 10.2. The van der Waals surface area contributed by atoms with Gasteiger partial charge < -0.3 is 10.6 Å². The minimum absolute atomic E-state index is 0.146. The third-order valence-corrected chi connectivity index (χ3v) is 5.33. The molecular weight excluding hydrogens is 440 g/mol. The number of rotatable bonds is 7. The number of carbonyl (C=O) groups excluding carboxylic acids is 2. The number of pyridine rings is 1. The van der Waals surface area contributed by atoms with Crippen LogP contribution in [0.1, 0.15) is 17.7 Å². The molecule has 0 aliphatic carbocycles. The SMILES string of the molecule is Cc1ccc(Br)cc1NC(=O)CCNC(=O)Cc1csc(-c2ccccn2)n1. The number of thiazole rings is 1. The van der Waals surface area contributed by atoms with Crippen LogP contribution in [0.3, 0.4) is 0 Å². The summed E-state index contributed by atoms with van der Waals surface area (Å²) < 4.78 is 0.898. The summed E-state index contributed by atoms with van der Waals surface area (Å²) in [5.74, 6) is -0.308. The fraction of sp³-hybridized carbons (Fsp3) is 0.200. The van der Waals surface area contributed by atoms with E-state index >= 15 is 0 Å². The fourth-order valence-electron chi connectivity index (χ4n) is 2.48. The first-order valence-corrected chi connectivity index (χ1v) is 10.4. The fourth-order valence-corrected chi connectivity index (χ4v) is 3.64. The van der Waals surface area contributed by atoms with E-state index in [0.717, 1.165) is 26.4 Å². The molecule has 0 aliphatic rings. The van der Waals surface area contributed by atoms with Gasteiger partial charge in [-0.15, -0.1) is 11.3 Å². The summed E-state index contributed by atoms with van der Waals surface area (Å²) in [5, 5.41) is 8.26. The van der Waals surface area contributed by atoms with Crippen molar-refractivity contribution in [3.05, 3.63) is 63.7 Å². The van der Waals surface area contributed by atoms with Crippen molar-refractivity contribution in [2.75, 3.05) is 11.9 Å². The van der Waals surface area contributed by atoms with Crippen LogP contribution in [-0.2, 0) is 16.0 Å². The van der Waals surface area contributed by atoms with E-state index in [1.54, 1.807) is 6.20 Å². The first-order valence-electron chi connectivity index (χ1n) is 8.70. The third-order valence-electron chi connectivity index (χ3n) is 3.93. The molecule has 6 nitrogen and oxygen atoms in total. The molecule has 2 N–H and O–H groups in total. The quantitative estimate of drug-likeness (QED) is 0.560. The molecule has 8 heteroatoms. The molecule has 0 fully saturated rings. The van der Waals surface area contributed by atoms with Gasteiger partial charge in [-0.05, 0) is 36.8 Å². The van der Waals surface area contributed by atoms with Crippen LogP contribution < -0.4 is 10.6 Å². The highest BCUT2D eigenvalue weighted by Crippen LogP contribution is 2.22. The summed E-state index contributed by atoms with van der Waals surface area (Å²) in [6.45, 7) is 2.20. The second kappa shape index (κ2) is 9.57. The highest BCUT2D eigenvalue weighted by molar-refractivity contribution is 9.10. The number of anilines is 1. The normalized spacial score (nSPS) is 10.5. The number of nitrogens with one attached hydrogen (secondary N) is 2. The topological polar surface area (TPSA) is 84.0 Å². The Morgan fingerprint density at radius 2 is 2.04 bits per heavy atom. The molecule has 2 aromatic heterocycles. The van der Waals surface area contributed by atoms with Crippen LogP contribution in [-0.4, -0.2) is 28.3 Å². The lowest BCUT2D eigenvalue weighted by Crippen LogP contribution is -2.29. The lowest BCUT2D eigenvalue weighted by molar-refractivity contribution is -0.120. The van der Waals surface area contributed by atoms with E-state index in [4.69, 9.17) is 0 Å².